The number of rotatable bonds is 1. The fourth-order valence-corrected chi connectivity index (χ4v) is 4.03. The smallest absolute Gasteiger partial charge is 0.255 e. The highest BCUT2D eigenvalue weighted by atomic mass is 79.9. The number of nitrogens with two attached hydrogens (primary N) is 1. The molecule has 2 aliphatic rings. The van der Waals surface area contributed by atoms with E-state index in [1.165, 1.54) is 0 Å². The van der Waals surface area contributed by atoms with Gasteiger partial charge in [0.1, 0.15) is 0 Å². The van der Waals surface area contributed by atoms with Crippen LogP contribution in [-0.2, 0) is 0 Å². The van der Waals surface area contributed by atoms with Gasteiger partial charge in [-0.25, -0.2) is 0 Å². The van der Waals surface area contributed by atoms with E-state index >= 15 is 0 Å². The van der Waals surface area contributed by atoms with Crippen molar-refractivity contribution in [1.29, 1.82) is 0 Å². The molecule has 3 N–H and O–H groups in total. The lowest BCUT2D eigenvalue weighted by atomic mass is 9.71. The van der Waals surface area contributed by atoms with Gasteiger partial charge >= 0.3 is 0 Å². The molecule has 1 saturated heterocycles. The molecule has 5 heteroatoms. The molecule has 0 radical (unpaired) electrons. The van der Waals surface area contributed by atoms with Gasteiger partial charge in [0, 0.05) is 29.2 Å². The highest BCUT2D eigenvalue weighted by molar-refractivity contribution is 9.10. The maximum atomic E-state index is 12.7. The summed E-state index contributed by atoms with van der Waals surface area (Å²) < 4.78 is 0.872. The molecule has 2 fully saturated rings. The molecule has 0 aromatic heterocycles. The molecular weight excluding hydrogens is 332 g/mol. The van der Waals surface area contributed by atoms with E-state index in [1.54, 1.807) is 12.1 Å². The number of amides is 1. The van der Waals surface area contributed by atoms with Gasteiger partial charge < -0.3 is 15.7 Å². The minimum atomic E-state index is -0.555. The highest BCUT2D eigenvalue weighted by Crippen LogP contribution is 2.40. The lowest BCUT2D eigenvalue weighted by Gasteiger charge is -2.47. The summed E-state index contributed by atoms with van der Waals surface area (Å²) in [5.74, 6) is 0.188. The summed E-state index contributed by atoms with van der Waals surface area (Å²) in [6.45, 7) is 1.26. The maximum Gasteiger partial charge on any atom is 0.255 e. The number of hydrogen-bond acceptors (Lipinski definition) is 3. The Morgan fingerprint density at radius 3 is 2.95 bits per heavy atom. The number of fused-ring (bicyclic) bond motifs is 1. The van der Waals surface area contributed by atoms with Crippen molar-refractivity contribution >= 4 is 27.5 Å². The van der Waals surface area contributed by atoms with Gasteiger partial charge in [-0.15, -0.1) is 0 Å². The fourth-order valence-electron chi connectivity index (χ4n) is 3.65. The number of nitrogens with zero attached hydrogens (tertiary/aromatic N) is 1. The lowest BCUT2D eigenvalue weighted by molar-refractivity contribution is -0.0886. The average molecular weight is 353 g/mol. The molecular formula is C16H21BrN2O2. The van der Waals surface area contributed by atoms with Crippen molar-refractivity contribution in [3.8, 4) is 0 Å². The van der Waals surface area contributed by atoms with Gasteiger partial charge in [0.05, 0.1) is 11.2 Å². The fraction of sp³-hybridized carbons (Fsp3) is 0.562. The Morgan fingerprint density at radius 1 is 1.38 bits per heavy atom. The molecule has 3 rings (SSSR count). The van der Waals surface area contributed by atoms with Gasteiger partial charge in [-0.2, -0.15) is 0 Å². The Kier molecular flexibility index (Phi) is 3.97. The minimum absolute atomic E-state index is 0.0207. The third kappa shape index (κ3) is 2.81. The van der Waals surface area contributed by atoms with Gasteiger partial charge in [0.25, 0.3) is 5.91 Å². The van der Waals surface area contributed by atoms with Crippen LogP contribution < -0.4 is 5.73 Å². The van der Waals surface area contributed by atoms with Crippen LogP contribution in [0.4, 0.5) is 5.69 Å². The Labute approximate surface area is 133 Å². The molecule has 0 spiro atoms. The summed E-state index contributed by atoms with van der Waals surface area (Å²) in [6, 6.07) is 5.36. The molecule has 1 aromatic carbocycles. The predicted molar refractivity (Wildman–Crippen MR) is 86.0 cm³/mol. The van der Waals surface area contributed by atoms with E-state index in [4.69, 9.17) is 5.73 Å². The van der Waals surface area contributed by atoms with Crippen LogP contribution in [-0.4, -0.2) is 34.6 Å². The minimum Gasteiger partial charge on any atom is -0.398 e. The topological polar surface area (TPSA) is 66.6 Å². The van der Waals surface area contributed by atoms with Crippen LogP contribution in [0, 0.1) is 5.92 Å². The summed E-state index contributed by atoms with van der Waals surface area (Å²) in [7, 11) is 0. The second-order valence-corrected chi connectivity index (χ2v) is 7.19. The van der Waals surface area contributed by atoms with Crippen molar-refractivity contribution in [3.63, 3.8) is 0 Å². The van der Waals surface area contributed by atoms with E-state index < -0.39 is 5.60 Å². The molecule has 2 unspecified atom stereocenters. The number of aliphatic hydroxyl groups is 1. The van der Waals surface area contributed by atoms with Gasteiger partial charge in [-0.1, -0.05) is 28.8 Å². The molecule has 1 amide bonds. The monoisotopic (exact) mass is 352 g/mol. The molecule has 1 saturated carbocycles. The SMILES string of the molecule is Nc1cc(Br)ccc1C(=O)N1CCC2(O)CCCCC2C1. The molecule has 2 atom stereocenters. The third-order valence-electron chi connectivity index (χ3n) is 4.96. The highest BCUT2D eigenvalue weighted by Gasteiger charge is 2.43. The van der Waals surface area contributed by atoms with E-state index in [2.05, 4.69) is 15.9 Å². The van der Waals surface area contributed by atoms with Crippen molar-refractivity contribution in [3.05, 3.63) is 28.2 Å². The Bertz CT molecular complexity index is 563. The van der Waals surface area contributed by atoms with Crippen LogP contribution in [0.5, 0.6) is 0 Å². The summed E-state index contributed by atoms with van der Waals surface area (Å²) in [5, 5.41) is 10.7. The second-order valence-electron chi connectivity index (χ2n) is 6.28. The number of nitrogen functional groups attached to an aromatic ring is 1. The quantitative estimate of drug-likeness (QED) is 0.763. The zero-order chi connectivity index (χ0) is 15.0. The van der Waals surface area contributed by atoms with Crippen LogP contribution in [0.15, 0.2) is 22.7 Å². The van der Waals surface area contributed by atoms with Gasteiger partial charge in [-0.3, -0.25) is 4.79 Å². The number of anilines is 1. The number of carbonyl (C=O) groups excluding carboxylic acids is 1. The van der Waals surface area contributed by atoms with Gasteiger partial charge in [0.2, 0.25) is 0 Å². The summed E-state index contributed by atoms with van der Waals surface area (Å²) in [4.78, 5) is 14.5. The zero-order valence-electron chi connectivity index (χ0n) is 12.0. The van der Waals surface area contributed by atoms with Crippen LogP contribution >= 0.6 is 15.9 Å². The number of benzene rings is 1. The van der Waals surface area contributed by atoms with Gasteiger partial charge in [-0.05, 0) is 37.5 Å². The number of hydrogen-bond donors (Lipinski definition) is 2. The maximum absolute atomic E-state index is 12.7. The molecule has 1 aliphatic carbocycles. The number of carbonyl (C=O) groups is 1. The Hall–Kier alpha value is -1.07. The molecule has 0 bridgehead atoms. The first kappa shape index (κ1) is 14.9. The molecule has 1 heterocycles. The molecule has 1 aromatic rings. The summed E-state index contributed by atoms with van der Waals surface area (Å²) >= 11 is 3.36. The Morgan fingerprint density at radius 2 is 2.19 bits per heavy atom. The van der Waals surface area contributed by atoms with Crippen LogP contribution in [0.2, 0.25) is 0 Å². The van der Waals surface area contributed by atoms with Crippen LogP contribution in [0.3, 0.4) is 0 Å². The van der Waals surface area contributed by atoms with Crippen molar-refractivity contribution in [2.24, 2.45) is 5.92 Å². The van der Waals surface area contributed by atoms with E-state index in [-0.39, 0.29) is 11.8 Å². The van der Waals surface area contributed by atoms with Crippen molar-refractivity contribution in [2.75, 3.05) is 18.8 Å². The van der Waals surface area contributed by atoms with Crippen molar-refractivity contribution in [2.45, 2.75) is 37.7 Å². The normalized spacial score (nSPS) is 29.0. The first-order chi connectivity index (χ1) is 9.99. The third-order valence-corrected chi connectivity index (χ3v) is 5.45. The van der Waals surface area contributed by atoms with Crippen molar-refractivity contribution < 1.29 is 9.90 Å². The molecule has 21 heavy (non-hydrogen) atoms. The first-order valence-corrected chi connectivity index (χ1v) is 8.35. The van der Waals surface area contributed by atoms with E-state index in [1.807, 2.05) is 11.0 Å². The van der Waals surface area contributed by atoms with Crippen LogP contribution in [0.25, 0.3) is 0 Å². The number of likely N-dealkylation sites (tertiary alicyclic amines) is 1. The molecule has 4 nitrogen and oxygen atoms in total. The predicted octanol–water partition coefficient (Wildman–Crippen LogP) is 2.80. The average Bonchev–Trinajstić information content (AvgIpc) is 2.45. The summed E-state index contributed by atoms with van der Waals surface area (Å²) in [6.07, 6.45) is 4.81. The standard InChI is InChI=1S/C16H21BrN2O2/c17-12-4-5-13(14(18)9-12)15(20)19-8-7-16(21)6-2-1-3-11(16)10-19/h4-5,9,11,21H,1-3,6-8,10,18H2. The molecule has 1 aliphatic heterocycles. The zero-order valence-corrected chi connectivity index (χ0v) is 13.6. The molecule has 114 valence electrons. The van der Waals surface area contributed by atoms with Crippen molar-refractivity contribution in [1.82, 2.24) is 4.90 Å². The Balaban J connectivity index is 1.77. The second kappa shape index (κ2) is 5.61. The number of halogens is 1. The largest absolute Gasteiger partial charge is 0.398 e. The van der Waals surface area contributed by atoms with E-state index in [9.17, 15) is 9.90 Å². The lowest BCUT2D eigenvalue weighted by Crippen LogP contribution is -2.54. The first-order valence-electron chi connectivity index (χ1n) is 7.56. The van der Waals surface area contributed by atoms with Crippen LogP contribution in [0.1, 0.15) is 42.5 Å². The van der Waals surface area contributed by atoms with E-state index in [0.29, 0.717) is 30.8 Å². The number of piperidine rings is 1. The van der Waals surface area contributed by atoms with E-state index in [0.717, 1.165) is 30.2 Å². The van der Waals surface area contributed by atoms with Gasteiger partial charge in [0.15, 0.2) is 0 Å². The summed E-state index contributed by atoms with van der Waals surface area (Å²) in [5.41, 5.74) is 6.46.